The predicted molar refractivity (Wildman–Crippen MR) is 11.4 cm³/mol. The average Bonchev–Trinajstić information content (AvgIpc) is 0.811. The topological polar surface area (TPSA) is 54.4 Å². The van der Waals surface area contributed by atoms with Crippen molar-refractivity contribution in [3.05, 3.63) is 0 Å². The quantitative estimate of drug-likeness (QED) is 0.282. The maximum absolute atomic E-state index is 8.56. The Bertz CT molecular complexity index is 55.3. The van der Waals surface area contributed by atoms with Crippen molar-refractivity contribution in [3.8, 4) is 0 Å². The number of rotatable bonds is 0. The molecule has 0 aromatic rings. The molecule has 0 radical (unpaired) electrons. The van der Waals surface area contributed by atoms with Crippen molar-refractivity contribution in [2.75, 3.05) is 0 Å². The van der Waals surface area contributed by atoms with Gasteiger partial charge in [0.05, 0.1) is 0 Å². The Morgan fingerprint density at radius 2 is 1.40 bits per heavy atom. The van der Waals surface area contributed by atoms with Crippen LogP contribution in [0.25, 0.3) is 0 Å². The Labute approximate surface area is 41.9 Å². The summed E-state index contributed by atoms with van der Waals surface area (Å²) in [4.78, 5) is 0. The summed E-state index contributed by atoms with van der Waals surface area (Å²) in [6.07, 6.45) is 0. The molecule has 0 fully saturated rings. The van der Waals surface area contributed by atoms with Gasteiger partial charge in [-0.3, -0.25) is 0 Å². The van der Waals surface area contributed by atoms with Crippen LogP contribution in [0.15, 0.2) is 0 Å². The van der Waals surface area contributed by atoms with Crippen LogP contribution in [0.3, 0.4) is 0 Å². The van der Waals surface area contributed by atoms with Gasteiger partial charge in [-0.1, -0.05) is 0 Å². The van der Waals surface area contributed by atoms with Crippen LogP contribution in [0, 0.1) is 0 Å². The van der Waals surface area contributed by atoms with Gasteiger partial charge in [-0.15, -0.1) is 0 Å². The Morgan fingerprint density at radius 1 is 1.40 bits per heavy atom. The predicted octanol–water partition coefficient (Wildman–Crippen LogP) is -0.234. The van der Waals surface area contributed by atoms with Gasteiger partial charge < -0.3 is 13.0 Å². The van der Waals surface area contributed by atoms with Gasteiger partial charge in [-0.2, -0.15) is 0 Å². The van der Waals surface area contributed by atoms with E-state index in [-0.39, 0.29) is 17.4 Å². The monoisotopic (exact) mass is 133 g/mol. The fourth-order valence-electron chi connectivity index (χ4n) is 0. The summed E-state index contributed by atoms with van der Waals surface area (Å²) in [5.41, 5.74) is 0. The maximum Gasteiger partial charge on any atom is 0.0495 e. The first kappa shape index (κ1) is 9.06. The molecule has 32 valence electrons. The normalized spacial score (nSPS) is 6.80. The van der Waals surface area contributed by atoms with Crippen LogP contribution < -0.4 is 0 Å². The molecule has 0 aliphatic heterocycles. The van der Waals surface area contributed by atoms with Gasteiger partial charge in [-0.25, -0.2) is 0 Å². The van der Waals surface area contributed by atoms with Crippen molar-refractivity contribution in [2.45, 2.75) is 0 Å². The Balaban J connectivity index is 0. The van der Waals surface area contributed by atoms with Gasteiger partial charge in [0.2, 0.25) is 0 Å². The summed E-state index contributed by atoms with van der Waals surface area (Å²) in [7, 11) is -2.86. The van der Waals surface area contributed by atoms with E-state index in [2.05, 4.69) is 0 Å². The van der Waals surface area contributed by atoms with E-state index in [9.17, 15) is 0 Å². The van der Waals surface area contributed by atoms with E-state index in [1.165, 1.54) is 0 Å². The van der Waals surface area contributed by atoms with Crippen LogP contribution in [-0.4, -0.2) is 4.55 Å². The molecular formula is HCrO3S-. The van der Waals surface area contributed by atoms with Crippen molar-refractivity contribution in [1.29, 1.82) is 0 Å². The fraction of sp³-hybridized carbons (Fsp3) is 0. The Morgan fingerprint density at radius 3 is 1.40 bits per heavy atom. The minimum atomic E-state index is -2.86. The third-order valence-corrected chi connectivity index (χ3v) is 0. The summed E-state index contributed by atoms with van der Waals surface area (Å²) in [5.74, 6) is 0. The molecule has 0 saturated carbocycles. The molecule has 3 nitrogen and oxygen atoms in total. The van der Waals surface area contributed by atoms with E-state index < -0.39 is 11.0 Å². The zero-order chi connectivity index (χ0) is 3.58. The summed E-state index contributed by atoms with van der Waals surface area (Å²) in [5, 5.41) is 0. The molecule has 0 aliphatic rings. The minimum absolute atomic E-state index is 0. The van der Waals surface area contributed by atoms with E-state index >= 15 is 0 Å². The molecule has 0 rings (SSSR count). The molecule has 5 heavy (non-hydrogen) atoms. The third-order valence-electron chi connectivity index (χ3n) is 0. The molecule has 0 spiro atoms. The average molecular weight is 133 g/mol. The van der Waals surface area contributed by atoms with Crippen molar-refractivity contribution < 1.29 is 30.3 Å². The van der Waals surface area contributed by atoms with Gasteiger partial charge in [0.15, 0.2) is 0 Å². The zero-order valence-electron chi connectivity index (χ0n) is 2.08. The van der Waals surface area contributed by atoms with E-state index in [4.69, 9.17) is 13.0 Å². The van der Waals surface area contributed by atoms with Crippen molar-refractivity contribution in [3.63, 3.8) is 0 Å². The molecule has 0 saturated heterocycles. The second-order valence-corrected chi connectivity index (χ2v) is 0.651. The molecule has 0 aromatic carbocycles. The van der Waals surface area contributed by atoms with Crippen LogP contribution in [0.5, 0.6) is 0 Å². The summed E-state index contributed by atoms with van der Waals surface area (Å²) < 4.78 is 24.1. The van der Waals surface area contributed by atoms with Crippen molar-refractivity contribution in [2.24, 2.45) is 0 Å². The molecular weight excluding hydrogens is 132 g/mol. The molecule has 0 aliphatic carbocycles. The first-order chi connectivity index (χ1) is 1.73. The molecule has 0 aromatic heterocycles. The zero-order valence-corrected chi connectivity index (χ0v) is 4.17. The SMILES string of the molecule is O=[S-](=O)O.[Cr]. The largest absolute Gasteiger partial charge is 0.439 e. The van der Waals surface area contributed by atoms with Gasteiger partial charge in [0.1, 0.15) is 0 Å². The van der Waals surface area contributed by atoms with Gasteiger partial charge in [0, 0.05) is 28.3 Å². The Hall–Kier alpha value is 0.442. The van der Waals surface area contributed by atoms with Crippen LogP contribution >= 0.6 is 0 Å². The molecule has 0 amide bonds. The summed E-state index contributed by atoms with van der Waals surface area (Å²) in [6.45, 7) is 0. The molecule has 0 unspecified atom stereocenters. The maximum atomic E-state index is 8.56. The molecule has 1 N–H and O–H groups in total. The number of hydrogen-bond donors (Lipinski definition) is 1. The standard InChI is InChI=1S/Cr.HO3S/c;1-4(2)3/h;(H,1,2,3)/q;-1. The Kier molecular flexibility index (Phi) is 8.05. The molecule has 0 heterocycles. The minimum Gasteiger partial charge on any atom is -0.439 e. The van der Waals surface area contributed by atoms with E-state index in [0.29, 0.717) is 0 Å². The number of hydrogen-bond acceptors (Lipinski definition) is 3. The fourth-order valence-corrected chi connectivity index (χ4v) is 0. The van der Waals surface area contributed by atoms with E-state index in [1.807, 2.05) is 0 Å². The smallest absolute Gasteiger partial charge is 0.0495 e. The molecule has 0 bridgehead atoms. The summed E-state index contributed by atoms with van der Waals surface area (Å²) >= 11 is 0. The van der Waals surface area contributed by atoms with E-state index in [1.54, 1.807) is 0 Å². The van der Waals surface area contributed by atoms with Crippen LogP contribution in [-0.2, 0) is 36.8 Å². The van der Waals surface area contributed by atoms with E-state index in [0.717, 1.165) is 0 Å². The van der Waals surface area contributed by atoms with Crippen LogP contribution in [0.1, 0.15) is 0 Å². The van der Waals surface area contributed by atoms with Crippen LogP contribution in [0.4, 0.5) is 0 Å². The van der Waals surface area contributed by atoms with Crippen LogP contribution in [0.2, 0.25) is 0 Å². The molecule has 5 heteroatoms. The second kappa shape index (κ2) is 4.44. The van der Waals surface area contributed by atoms with Crippen molar-refractivity contribution in [1.82, 2.24) is 0 Å². The first-order valence-electron chi connectivity index (χ1n) is 0.516. The van der Waals surface area contributed by atoms with Gasteiger partial charge in [0.25, 0.3) is 0 Å². The molecule has 0 atom stereocenters. The van der Waals surface area contributed by atoms with Gasteiger partial charge in [-0.05, 0) is 0 Å². The second-order valence-electron chi connectivity index (χ2n) is 0.217. The summed E-state index contributed by atoms with van der Waals surface area (Å²) in [6, 6.07) is 0. The van der Waals surface area contributed by atoms with Gasteiger partial charge >= 0.3 is 0 Å². The third kappa shape index (κ3) is 135. The first-order valence-corrected chi connectivity index (χ1v) is 1.55. The van der Waals surface area contributed by atoms with Crippen molar-refractivity contribution >= 4 is 11.0 Å².